The van der Waals surface area contributed by atoms with Gasteiger partial charge in [0.15, 0.2) is 0 Å². The highest BCUT2D eigenvalue weighted by molar-refractivity contribution is 5.80. The molecular formula is C11H17N5O3. The Labute approximate surface area is 111 Å². The summed E-state index contributed by atoms with van der Waals surface area (Å²) in [4.78, 5) is 29.0. The Bertz CT molecular complexity index is 489. The van der Waals surface area contributed by atoms with Crippen molar-refractivity contribution >= 4 is 23.2 Å². The van der Waals surface area contributed by atoms with Gasteiger partial charge in [0.25, 0.3) is 5.69 Å². The average molecular weight is 267 g/mol. The molecular weight excluding hydrogens is 250 g/mol. The zero-order valence-electron chi connectivity index (χ0n) is 11.2. The van der Waals surface area contributed by atoms with E-state index in [1.54, 1.807) is 19.0 Å². The molecule has 1 aromatic rings. The zero-order chi connectivity index (χ0) is 14.6. The molecule has 1 amide bonds. The van der Waals surface area contributed by atoms with Gasteiger partial charge in [-0.1, -0.05) is 0 Å². The molecule has 1 rings (SSSR count). The van der Waals surface area contributed by atoms with Gasteiger partial charge < -0.3 is 15.5 Å². The van der Waals surface area contributed by atoms with Crippen LogP contribution in [0.1, 0.15) is 6.92 Å². The van der Waals surface area contributed by atoms with E-state index in [2.05, 4.69) is 4.98 Å². The van der Waals surface area contributed by atoms with E-state index < -0.39 is 4.92 Å². The van der Waals surface area contributed by atoms with E-state index in [0.29, 0.717) is 12.4 Å². The highest BCUT2D eigenvalue weighted by Crippen LogP contribution is 2.21. The standard InChI is InChI=1S/C11H17N5O3/c1-4-15(7-11(17)14(2)3)10-6-8(16(18)19)5-9(12)13-10/h5-6H,4,7H2,1-3H3,(H2,12,13). The minimum atomic E-state index is -0.539. The van der Waals surface area contributed by atoms with Crippen molar-refractivity contribution in [3.63, 3.8) is 0 Å². The molecule has 0 aliphatic heterocycles. The van der Waals surface area contributed by atoms with Gasteiger partial charge in [-0.3, -0.25) is 14.9 Å². The zero-order valence-corrected chi connectivity index (χ0v) is 11.2. The summed E-state index contributed by atoms with van der Waals surface area (Å²) in [6.07, 6.45) is 0. The maximum atomic E-state index is 11.7. The molecule has 0 spiro atoms. The van der Waals surface area contributed by atoms with E-state index in [4.69, 9.17) is 5.73 Å². The first-order chi connectivity index (χ1) is 8.85. The summed E-state index contributed by atoms with van der Waals surface area (Å²) in [5.41, 5.74) is 5.40. The van der Waals surface area contributed by atoms with Crippen LogP contribution in [0.4, 0.5) is 17.3 Å². The highest BCUT2D eigenvalue weighted by Gasteiger charge is 2.17. The number of nitro groups is 1. The molecule has 0 aliphatic carbocycles. The Morgan fingerprint density at radius 3 is 2.58 bits per heavy atom. The first-order valence-electron chi connectivity index (χ1n) is 5.72. The molecule has 19 heavy (non-hydrogen) atoms. The second-order valence-electron chi connectivity index (χ2n) is 4.17. The summed E-state index contributed by atoms with van der Waals surface area (Å²) in [6.45, 7) is 2.42. The first-order valence-corrected chi connectivity index (χ1v) is 5.72. The van der Waals surface area contributed by atoms with Crippen molar-refractivity contribution in [2.45, 2.75) is 6.92 Å². The van der Waals surface area contributed by atoms with Crippen molar-refractivity contribution in [3.05, 3.63) is 22.2 Å². The van der Waals surface area contributed by atoms with Gasteiger partial charge in [-0.2, -0.15) is 0 Å². The topological polar surface area (TPSA) is 106 Å². The molecule has 0 aromatic carbocycles. The molecule has 0 bridgehead atoms. The molecule has 0 atom stereocenters. The normalized spacial score (nSPS) is 10.1. The second kappa shape index (κ2) is 5.98. The number of nitrogens with zero attached hydrogens (tertiary/aromatic N) is 4. The van der Waals surface area contributed by atoms with E-state index >= 15 is 0 Å². The Hall–Kier alpha value is -2.38. The second-order valence-corrected chi connectivity index (χ2v) is 4.17. The SMILES string of the molecule is CCN(CC(=O)N(C)C)c1cc([N+](=O)[O-])cc(N)n1. The number of pyridine rings is 1. The van der Waals surface area contributed by atoms with Gasteiger partial charge in [0.05, 0.1) is 23.6 Å². The van der Waals surface area contributed by atoms with Crippen LogP contribution in [0.2, 0.25) is 0 Å². The monoisotopic (exact) mass is 267 g/mol. The maximum absolute atomic E-state index is 11.7. The molecule has 2 N–H and O–H groups in total. The smallest absolute Gasteiger partial charge is 0.276 e. The van der Waals surface area contributed by atoms with Crippen molar-refractivity contribution in [1.29, 1.82) is 0 Å². The fraction of sp³-hybridized carbons (Fsp3) is 0.455. The lowest BCUT2D eigenvalue weighted by atomic mass is 10.3. The summed E-state index contributed by atoms with van der Waals surface area (Å²) >= 11 is 0. The molecule has 8 heteroatoms. The van der Waals surface area contributed by atoms with Gasteiger partial charge in [0.1, 0.15) is 11.6 Å². The van der Waals surface area contributed by atoms with E-state index in [9.17, 15) is 14.9 Å². The van der Waals surface area contributed by atoms with Gasteiger partial charge in [-0.05, 0) is 6.92 Å². The fourth-order valence-electron chi connectivity index (χ4n) is 1.45. The van der Waals surface area contributed by atoms with Gasteiger partial charge >= 0.3 is 0 Å². The summed E-state index contributed by atoms with van der Waals surface area (Å²) < 4.78 is 0. The lowest BCUT2D eigenvalue weighted by Crippen LogP contribution is -2.37. The van der Waals surface area contributed by atoms with Crippen molar-refractivity contribution in [2.24, 2.45) is 0 Å². The van der Waals surface area contributed by atoms with E-state index in [1.807, 2.05) is 6.92 Å². The van der Waals surface area contributed by atoms with Crippen LogP contribution in [0.3, 0.4) is 0 Å². The molecule has 0 aliphatic rings. The number of hydrogen-bond acceptors (Lipinski definition) is 6. The summed E-state index contributed by atoms with van der Waals surface area (Å²) in [5, 5.41) is 10.8. The summed E-state index contributed by atoms with van der Waals surface area (Å²) in [6, 6.07) is 2.49. The van der Waals surface area contributed by atoms with E-state index in [1.165, 1.54) is 17.0 Å². The number of carbonyl (C=O) groups is 1. The Morgan fingerprint density at radius 1 is 1.47 bits per heavy atom. The number of nitrogen functional groups attached to an aromatic ring is 1. The molecule has 8 nitrogen and oxygen atoms in total. The lowest BCUT2D eigenvalue weighted by Gasteiger charge is -2.23. The Balaban J connectivity index is 3.04. The van der Waals surface area contributed by atoms with Crippen LogP contribution >= 0.6 is 0 Å². The predicted octanol–water partition coefficient (Wildman–Crippen LogP) is 0.486. The van der Waals surface area contributed by atoms with Crippen LogP contribution in [0.5, 0.6) is 0 Å². The maximum Gasteiger partial charge on any atom is 0.276 e. The van der Waals surface area contributed by atoms with Crippen LogP contribution in [0, 0.1) is 10.1 Å². The number of nitrogens with two attached hydrogens (primary N) is 1. The Morgan fingerprint density at radius 2 is 2.11 bits per heavy atom. The third-order valence-corrected chi connectivity index (χ3v) is 2.56. The quantitative estimate of drug-likeness (QED) is 0.614. The van der Waals surface area contributed by atoms with E-state index in [0.717, 1.165) is 0 Å². The van der Waals surface area contributed by atoms with Gasteiger partial charge in [-0.25, -0.2) is 4.98 Å². The third kappa shape index (κ3) is 3.80. The largest absolute Gasteiger partial charge is 0.383 e. The van der Waals surface area contributed by atoms with Crippen molar-refractivity contribution in [1.82, 2.24) is 9.88 Å². The minimum absolute atomic E-state index is 0.0555. The van der Waals surface area contributed by atoms with Crippen LogP contribution in [-0.2, 0) is 4.79 Å². The average Bonchev–Trinajstić information content (AvgIpc) is 2.34. The minimum Gasteiger partial charge on any atom is -0.383 e. The summed E-state index contributed by atoms with van der Waals surface area (Å²) in [5.74, 6) is 0.262. The number of carbonyl (C=O) groups excluding carboxylic acids is 1. The Kier molecular flexibility index (Phi) is 4.62. The lowest BCUT2D eigenvalue weighted by molar-refractivity contribution is -0.384. The van der Waals surface area contributed by atoms with Crippen LogP contribution in [-0.4, -0.2) is 47.9 Å². The third-order valence-electron chi connectivity index (χ3n) is 2.56. The van der Waals surface area contributed by atoms with Crippen LogP contribution < -0.4 is 10.6 Å². The van der Waals surface area contributed by atoms with Gasteiger partial charge in [0.2, 0.25) is 5.91 Å². The molecule has 0 fully saturated rings. The molecule has 1 aromatic heterocycles. The number of hydrogen-bond donors (Lipinski definition) is 1. The highest BCUT2D eigenvalue weighted by atomic mass is 16.6. The number of likely N-dealkylation sites (N-methyl/N-ethyl adjacent to an activating group) is 2. The van der Waals surface area contributed by atoms with Gasteiger partial charge in [0, 0.05) is 20.6 Å². The number of rotatable bonds is 5. The van der Waals surface area contributed by atoms with Gasteiger partial charge in [-0.15, -0.1) is 0 Å². The predicted molar refractivity (Wildman–Crippen MR) is 71.9 cm³/mol. The molecule has 0 unspecified atom stereocenters. The number of anilines is 2. The number of aromatic nitrogens is 1. The molecule has 1 heterocycles. The fourth-order valence-corrected chi connectivity index (χ4v) is 1.45. The van der Waals surface area contributed by atoms with Crippen molar-refractivity contribution < 1.29 is 9.72 Å². The molecule has 0 saturated heterocycles. The van der Waals surface area contributed by atoms with Crippen LogP contribution in [0.15, 0.2) is 12.1 Å². The molecule has 0 radical (unpaired) electrons. The number of amides is 1. The first kappa shape index (κ1) is 14.7. The van der Waals surface area contributed by atoms with Crippen molar-refractivity contribution in [2.75, 3.05) is 37.8 Å². The molecule has 0 saturated carbocycles. The van der Waals surface area contributed by atoms with Crippen molar-refractivity contribution in [3.8, 4) is 0 Å². The summed E-state index contributed by atoms with van der Waals surface area (Å²) in [7, 11) is 3.29. The molecule has 104 valence electrons. The van der Waals surface area contributed by atoms with E-state index in [-0.39, 0.29) is 24.0 Å². The van der Waals surface area contributed by atoms with Crippen LogP contribution in [0.25, 0.3) is 0 Å².